The second kappa shape index (κ2) is 7.80. The Kier molecular flexibility index (Phi) is 4.99. The van der Waals surface area contributed by atoms with E-state index in [9.17, 15) is 0 Å². The van der Waals surface area contributed by atoms with Gasteiger partial charge in [0.05, 0.1) is 11.7 Å². The number of ether oxygens (including phenoxy) is 1. The van der Waals surface area contributed by atoms with Gasteiger partial charge in [-0.05, 0) is 51.2 Å². The van der Waals surface area contributed by atoms with E-state index in [0.29, 0.717) is 5.92 Å². The minimum Gasteiger partial charge on any atom is -0.381 e. The first kappa shape index (κ1) is 19.2. The van der Waals surface area contributed by atoms with E-state index in [1.54, 1.807) is 0 Å². The molecule has 156 valence electrons. The van der Waals surface area contributed by atoms with E-state index in [2.05, 4.69) is 65.0 Å². The van der Waals surface area contributed by atoms with Crippen LogP contribution in [0.25, 0.3) is 11.1 Å². The van der Waals surface area contributed by atoms with Gasteiger partial charge in [0.25, 0.3) is 0 Å². The molecule has 0 spiro atoms. The first-order chi connectivity index (χ1) is 14.6. The molecule has 0 amide bonds. The van der Waals surface area contributed by atoms with Crippen molar-refractivity contribution in [3.63, 3.8) is 0 Å². The zero-order valence-electron chi connectivity index (χ0n) is 17.9. The smallest absolute Gasteiger partial charge is 0.141 e. The van der Waals surface area contributed by atoms with E-state index < -0.39 is 0 Å². The summed E-state index contributed by atoms with van der Waals surface area (Å²) in [5.41, 5.74) is 8.32. The van der Waals surface area contributed by atoms with Crippen molar-refractivity contribution >= 4 is 11.1 Å². The lowest BCUT2D eigenvalue weighted by molar-refractivity contribution is 0.0604. The molecule has 5 heteroatoms. The quantitative estimate of drug-likeness (QED) is 0.810. The number of allylic oxidation sites excluding steroid dienone is 2. The zero-order chi connectivity index (χ0) is 20.7. The summed E-state index contributed by atoms with van der Waals surface area (Å²) in [6.07, 6.45) is 9.02. The predicted molar refractivity (Wildman–Crippen MR) is 118 cm³/mol. The molecule has 2 aromatic rings. The van der Waals surface area contributed by atoms with Crippen LogP contribution in [0.2, 0.25) is 0 Å². The average molecular weight is 404 g/mol. The molecule has 3 aliphatic rings. The second-order valence-corrected chi connectivity index (χ2v) is 8.63. The molecule has 30 heavy (non-hydrogen) atoms. The molecule has 5 nitrogen and oxygen atoms in total. The first-order valence-corrected chi connectivity index (χ1v) is 10.8. The molecular formula is C25H29N3O2. The van der Waals surface area contributed by atoms with Crippen LogP contribution in [0.3, 0.4) is 0 Å². The Morgan fingerprint density at radius 2 is 1.87 bits per heavy atom. The van der Waals surface area contributed by atoms with Crippen LogP contribution in [0.1, 0.15) is 41.0 Å². The van der Waals surface area contributed by atoms with E-state index in [1.807, 2.05) is 13.8 Å². The normalized spacial score (nSPS) is 21.6. The fourth-order valence-electron chi connectivity index (χ4n) is 4.75. The second-order valence-electron chi connectivity index (χ2n) is 8.63. The highest BCUT2D eigenvalue weighted by Crippen LogP contribution is 2.39. The third kappa shape index (κ3) is 3.47. The van der Waals surface area contributed by atoms with Gasteiger partial charge in [-0.15, -0.1) is 0 Å². The molecule has 1 aromatic carbocycles. The van der Waals surface area contributed by atoms with Gasteiger partial charge in [-0.1, -0.05) is 35.0 Å². The topological polar surface area (TPSA) is 50.5 Å². The number of fused-ring (bicyclic) bond motifs is 1. The Morgan fingerprint density at radius 3 is 2.57 bits per heavy atom. The van der Waals surface area contributed by atoms with Gasteiger partial charge in [-0.25, -0.2) is 0 Å². The van der Waals surface area contributed by atoms with E-state index in [-0.39, 0.29) is 6.04 Å². The number of hydrogen-bond donors (Lipinski definition) is 1. The summed E-state index contributed by atoms with van der Waals surface area (Å²) in [5.74, 6) is 1.51. The molecule has 4 heterocycles. The van der Waals surface area contributed by atoms with Crippen molar-refractivity contribution in [3.05, 3.63) is 76.6 Å². The van der Waals surface area contributed by atoms with E-state index in [1.165, 1.54) is 22.4 Å². The van der Waals surface area contributed by atoms with E-state index in [0.717, 1.165) is 55.2 Å². The fourth-order valence-corrected chi connectivity index (χ4v) is 4.75. The Hall–Kier alpha value is -2.79. The molecule has 5 rings (SSSR count). The Morgan fingerprint density at radius 1 is 1.10 bits per heavy atom. The molecule has 0 radical (unpaired) electrons. The maximum absolute atomic E-state index is 5.58. The van der Waals surface area contributed by atoms with Crippen molar-refractivity contribution in [3.8, 4) is 0 Å². The Labute approximate surface area is 178 Å². The van der Waals surface area contributed by atoms with E-state index in [4.69, 9.17) is 9.26 Å². The van der Waals surface area contributed by atoms with Crippen molar-refractivity contribution in [2.24, 2.45) is 5.92 Å². The summed E-state index contributed by atoms with van der Waals surface area (Å²) in [6.45, 7) is 8.88. The summed E-state index contributed by atoms with van der Waals surface area (Å²) >= 11 is 0. The Balaban J connectivity index is 1.50. The Bertz CT molecular complexity index is 1000. The SMILES string of the molecule is Cc1ccc(C2=CN(CC3CCOCC3)C3=CC(c4c(C)noc4C)=CNC23)cc1. The maximum atomic E-state index is 5.58. The van der Waals surface area contributed by atoms with Gasteiger partial charge in [-0.3, -0.25) is 0 Å². The number of benzene rings is 1. The van der Waals surface area contributed by atoms with Crippen LogP contribution in [0.5, 0.6) is 0 Å². The third-order valence-electron chi connectivity index (χ3n) is 6.44. The van der Waals surface area contributed by atoms with Crippen LogP contribution in [0, 0.1) is 26.7 Å². The molecule has 0 aliphatic carbocycles. The lowest BCUT2D eigenvalue weighted by atomic mass is 9.93. The number of dihydropyridines is 1. The number of nitrogens with one attached hydrogen (secondary N) is 1. The highest BCUT2D eigenvalue weighted by molar-refractivity contribution is 5.83. The minimum atomic E-state index is 0.164. The van der Waals surface area contributed by atoms with Gasteiger partial charge in [0.15, 0.2) is 0 Å². The summed E-state index contributed by atoms with van der Waals surface area (Å²) in [6, 6.07) is 9.00. The predicted octanol–water partition coefficient (Wildman–Crippen LogP) is 4.58. The maximum Gasteiger partial charge on any atom is 0.141 e. The number of aromatic nitrogens is 1. The third-order valence-corrected chi connectivity index (χ3v) is 6.44. The van der Waals surface area contributed by atoms with Gasteiger partial charge < -0.3 is 19.5 Å². The highest BCUT2D eigenvalue weighted by atomic mass is 16.5. The van der Waals surface area contributed by atoms with Crippen molar-refractivity contribution in [2.45, 2.75) is 39.7 Å². The highest BCUT2D eigenvalue weighted by Gasteiger charge is 2.34. The standard InChI is InChI=1S/C25H29N3O2/c1-16-4-6-20(7-5-16)22-15-28(14-19-8-10-29-11-9-19)23-12-21(13-26-25(22)23)24-17(2)27-30-18(24)3/h4-7,12-13,15,19,25-26H,8-11,14H2,1-3H3. The van der Waals surface area contributed by atoms with Gasteiger partial charge in [0.1, 0.15) is 5.76 Å². The molecule has 3 aliphatic heterocycles. The molecular weight excluding hydrogens is 374 g/mol. The monoisotopic (exact) mass is 403 g/mol. The minimum absolute atomic E-state index is 0.164. The molecule has 1 saturated heterocycles. The average Bonchev–Trinajstić information content (AvgIpc) is 3.28. The lowest BCUT2D eigenvalue weighted by Crippen LogP contribution is -2.35. The lowest BCUT2D eigenvalue weighted by Gasteiger charge is -2.31. The van der Waals surface area contributed by atoms with Crippen LogP contribution in [-0.4, -0.2) is 35.9 Å². The summed E-state index contributed by atoms with van der Waals surface area (Å²) in [4.78, 5) is 2.45. The summed E-state index contributed by atoms with van der Waals surface area (Å²) < 4.78 is 11.0. The van der Waals surface area contributed by atoms with Crippen LogP contribution in [0.15, 0.2) is 53.0 Å². The first-order valence-electron chi connectivity index (χ1n) is 10.8. The summed E-state index contributed by atoms with van der Waals surface area (Å²) in [5, 5.41) is 7.82. The number of aryl methyl sites for hydroxylation is 3. The summed E-state index contributed by atoms with van der Waals surface area (Å²) in [7, 11) is 0. The fraction of sp³-hybridized carbons (Fsp3) is 0.400. The molecule has 1 fully saturated rings. The van der Waals surface area contributed by atoms with Gasteiger partial charge >= 0.3 is 0 Å². The number of hydrogen-bond acceptors (Lipinski definition) is 5. The zero-order valence-corrected chi connectivity index (χ0v) is 17.9. The van der Waals surface area contributed by atoms with Crippen molar-refractivity contribution < 1.29 is 9.26 Å². The van der Waals surface area contributed by atoms with Gasteiger partial charge in [-0.2, -0.15) is 0 Å². The van der Waals surface area contributed by atoms with Gasteiger partial charge in [0, 0.05) is 54.6 Å². The van der Waals surface area contributed by atoms with E-state index >= 15 is 0 Å². The van der Waals surface area contributed by atoms with Crippen LogP contribution in [-0.2, 0) is 4.74 Å². The number of nitrogens with zero attached hydrogens (tertiary/aromatic N) is 2. The van der Waals surface area contributed by atoms with Crippen LogP contribution >= 0.6 is 0 Å². The molecule has 0 bridgehead atoms. The molecule has 1 aromatic heterocycles. The van der Waals surface area contributed by atoms with Crippen LogP contribution < -0.4 is 5.32 Å². The molecule has 1 N–H and O–H groups in total. The van der Waals surface area contributed by atoms with Gasteiger partial charge in [0.2, 0.25) is 0 Å². The largest absolute Gasteiger partial charge is 0.381 e. The number of rotatable bonds is 4. The van der Waals surface area contributed by atoms with Crippen LogP contribution in [0.4, 0.5) is 0 Å². The van der Waals surface area contributed by atoms with Crippen molar-refractivity contribution in [1.82, 2.24) is 15.4 Å². The molecule has 1 atom stereocenters. The van der Waals surface area contributed by atoms with Crippen molar-refractivity contribution in [1.29, 1.82) is 0 Å². The molecule has 0 saturated carbocycles. The molecule has 1 unspecified atom stereocenters. The van der Waals surface area contributed by atoms with Crippen molar-refractivity contribution in [2.75, 3.05) is 19.8 Å².